The summed E-state index contributed by atoms with van der Waals surface area (Å²) >= 11 is 0. The zero-order chi connectivity index (χ0) is 7.28. The first kappa shape index (κ1) is 12.3. The van der Waals surface area contributed by atoms with Crippen LogP contribution in [-0.2, 0) is 9.53 Å². The average Bonchev–Trinajstić information content (AvgIpc) is 1.87. The van der Waals surface area contributed by atoms with Gasteiger partial charge in [0.2, 0.25) is 0 Å². The molecule has 0 aliphatic rings. The molecular weight excluding hydrogens is 161 g/mol. The summed E-state index contributed by atoms with van der Waals surface area (Å²) in [5.74, 6) is -0.562. The standard InChI is InChI=1S/C5H10FNO2.ClH/c1-9-5(8)4(7)2-3-6;/h4H,2-3,7H2,1H3;1H. The number of alkyl halides is 1. The predicted octanol–water partition coefficient (Wildman–Crippen LogP) is 0.268. The summed E-state index contributed by atoms with van der Waals surface area (Å²) in [6, 6.07) is -0.806. The number of carbonyl (C=O) groups is 1. The number of methoxy groups -OCH3 is 1. The van der Waals surface area contributed by atoms with Crippen LogP contribution in [0.25, 0.3) is 0 Å². The van der Waals surface area contributed by atoms with Crippen molar-refractivity contribution in [2.75, 3.05) is 13.8 Å². The minimum atomic E-state index is -0.806. The first-order valence-electron chi connectivity index (χ1n) is 2.61. The van der Waals surface area contributed by atoms with E-state index in [-0.39, 0.29) is 18.8 Å². The molecule has 0 aliphatic carbocycles. The van der Waals surface area contributed by atoms with Crippen LogP contribution in [0.15, 0.2) is 0 Å². The van der Waals surface area contributed by atoms with Gasteiger partial charge in [0.1, 0.15) is 6.04 Å². The number of halogens is 2. The van der Waals surface area contributed by atoms with Crippen LogP contribution in [0.2, 0.25) is 0 Å². The molecule has 0 rings (SSSR count). The minimum Gasteiger partial charge on any atom is -0.468 e. The van der Waals surface area contributed by atoms with E-state index in [1.54, 1.807) is 0 Å². The third kappa shape index (κ3) is 4.52. The van der Waals surface area contributed by atoms with E-state index in [9.17, 15) is 9.18 Å². The molecule has 0 aliphatic heterocycles. The van der Waals surface area contributed by atoms with Crippen molar-refractivity contribution in [3.8, 4) is 0 Å². The molecule has 0 amide bonds. The molecule has 2 N–H and O–H groups in total. The Bertz CT molecular complexity index is 102. The van der Waals surface area contributed by atoms with Crippen molar-refractivity contribution >= 4 is 18.4 Å². The molecule has 5 heteroatoms. The highest BCUT2D eigenvalue weighted by Crippen LogP contribution is 1.90. The Hall–Kier alpha value is -0.350. The molecule has 0 saturated carbocycles. The minimum absolute atomic E-state index is 0. The van der Waals surface area contributed by atoms with E-state index in [1.807, 2.05) is 0 Å². The smallest absolute Gasteiger partial charge is 0.322 e. The Labute approximate surface area is 65.1 Å². The van der Waals surface area contributed by atoms with Gasteiger partial charge in [0.25, 0.3) is 0 Å². The second kappa shape index (κ2) is 6.77. The molecule has 0 aromatic heterocycles. The molecule has 0 fully saturated rings. The molecule has 10 heavy (non-hydrogen) atoms. The third-order valence-corrected chi connectivity index (χ3v) is 0.924. The maximum Gasteiger partial charge on any atom is 0.322 e. The number of esters is 1. The SMILES string of the molecule is COC(=O)C(N)CCF.Cl. The van der Waals surface area contributed by atoms with E-state index < -0.39 is 18.7 Å². The summed E-state index contributed by atoms with van der Waals surface area (Å²) in [5, 5.41) is 0. The topological polar surface area (TPSA) is 52.3 Å². The molecule has 0 radical (unpaired) electrons. The molecule has 62 valence electrons. The van der Waals surface area contributed by atoms with E-state index in [1.165, 1.54) is 7.11 Å². The lowest BCUT2D eigenvalue weighted by atomic mass is 10.2. The summed E-state index contributed by atoms with van der Waals surface area (Å²) in [5.41, 5.74) is 5.12. The largest absolute Gasteiger partial charge is 0.468 e. The Kier molecular flexibility index (Phi) is 8.35. The Morgan fingerprint density at radius 3 is 2.60 bits per heavy atom. The number of hydrogen-bond donors (Lipinski definition) is 1. The number of ether oxygens (including phenoxy) is 1. The molecule has 0 heterocycles. The fourth-order valence-electron chi connectivity index (χ4n) is 0.387. The van der Waals surface area contributed by atoms with E-state index in [2.05, 4.69) is 4.74 Å². The average molecular weight is 172 g/mol. The molecule has 0 aromatic carbocycles. The van der Waals surface area contributed by atoms with Gasteiger partial charge in [-0.25, -0.2) is 0 Å². The fourth-order valence-corrected chi connectivity index (χ4v) is 0.387. The lowest BCUT2D eigenvalue weighted by Gasteiger charge is -2.04. The van der Waals surface area contributed by atoms with Gasteiger partial charge >= 0.3 is 5.97 Å². The molecular formula is C5H11ClFNO2. The van der Waals surface area contributed by atoms with Crippen molar-refractivity contribution in [3.05, 3.63) is 0 Å². The summed E-state index contributed by atoms with van der Waals surface area (Å²) < 4.78 is 15.7. The van der Waals surface area contributed by atoms with Crippen molar-refractivity contribution in [2.24, 2.45) is 5.73 Å². The van der Waals surface area contributed by atoms with E-state index in [0.29, 0.717) is 0 Å². The Morgan fingerprint density at radius 2 is 2.30 bits per heavy atom. The highest BCUT2D eigenvalue weighted by molar-refractivity contribution is 5.85. The number of rotatable bonds is 3. The summed E-state index contributed by atoms with van der Waals surface area (Å²) in [7, 11) is 1.22. The highest BCUT2D eigenvalue weighted by Gasteiger charge is 2.11. The zero-order valence-corrected chi connectivity index (χ0v) is 6.49. The van der Waals surface area contributed by atoms with Crippen LogP contribution in [0.1, 0.15) is 6.42 Å². The number of carbonyl (C=O) groups excluding carboxylic acids is 1. The van der Waals surface area contributed by atoms with Gasteiger partial charge in [0.05, 0.1) is 13.8 Å². The van der Waals surface area contributed by atoms with Crippen LogP contribution in [0.5, 0.6) is 0 Å². The van der Waals surface area contributed by atoms with E-state index in [4.69, 9.17) is 5.73 Å². The third-order valence-electron chi connectivity index (χ3n) is 0.924. The fraction of sp³-hybridized carbons (Fsp3) is 0.800. The van der Waals surface area contributed by atoms with Gasteiger partial charge in [-0.3, -0.25) is 9.18 Å². The molecule has 0 aromatic rings. The van der Waals surface area contributed by atoms with Crippen molar-refractivity contribution in [3.63, 3.8) is 0 Å². The first-order valence-corrected chi connectivity index (χ1v) is 2.61. The molecule has 1 atom stereocenters. The van der Waals surface area contributed by atoms with Crippen molar-refractivity contribution in [1.82, 2.24) is 0 Å². The van der Waals surface area contributed by atoms with Gasteiger partial charge < -0.3 is 10.5 Å². The van der Waals surface area contributed by atoms with E-state index in [0.717, 1.165) is 0 Å². The van der Waals surface area contributed by atoms with Crippen LogP contribution >= 0.6 is 12.4 Å². The van der Waals surface area contributed by atoms with Crippen molar-refractivity contribution in [1.29, 1.82) is 0 Å². The zero-order valence-electron chi connectivity index (χ0n) is 5.67. The maximum atomic E-state index is 11.5. The summed E-state index contributed by atoms with van der Waals surface area (Å²) in [6.07, 6.45) is 0.0344. The van der Waals surface area contributed by atoms with Gasteiger partial charge in [-0.15, -0.1) is 12.4 Å². The van der Waals surface area contributed by atoms with Crippen molar-refractivity contribution in [2.45, 2.75) is 12.5 Å². The van der Waals surface area contributed by atoms with Crippen LogP contribution < -0.4 is 5.73 Å². The van der Waals surface area contributed by atoms with Crippen LogP contribution in [0.4, 0.5) is 4.39 Å². The summed E-state index contributed by atoms with van der Waals surface area (Å²) in [6.45, 7) is -0.587. The molecule has 3 nitrogen and oxygen atoms in total. The summed E-state index contributed by atoms with van der Waals surface area (Å²) in [4.78, 5) is 10.4. The van der Waals surface area contributed by atoms with Gasteiger partial charge in [-0.2, -0.15) is 0 Å². The predicted molar refractivity (Wildman–Crippen MR) is 37.8 cm³/mol. The monoisotopic (exact) mass is 171 g/mol. The quantitative estimate of drug-likeness (QED) is 0.621. The van der Waals surface area contributed by atoms with Crippen LogP contribution in [0.3, 0.4) is 0 Å². The molecule has 1 unspecified atom stereocenters. The van der Waals surface area contributed by atoms with Crippen molar-refractivity contribution < 1.29 is 13.9 Å². The van der Waals surface area contributed by atoms with Gasteiger partial charge in [-0.1, -0.05) is 0 Å². The van der Waals surface area contributed by atoms with Crippen LogP contribution in [0, 0.1) is 0 Å². The van der Waals surface area contributed by atoms with E-state index >= 15 is 0 Å². The lowest BCUT2D eigenvalue weighted by Crippen LogP contribution is -2.31. The second-order valence-electron chi connectivity index (χ2n) is 1.61. The van der Waals surface area contributed by atoms with Gasteiger partial charge in [0.15, 0.2) is 0 Å². The van der Waals surface area contributed by atoms with Gasteiger partial charge in [-0.05, 0) is 0 Å². The number of hydrogen-bond acceptors (Lipinski definition) is 3. The Morgan fingerprint density at radius 1 is 1.80 bits per heavy atom. The highest BCUT2D eigenvalue weighted by atomic mass is 35.5. The molecule has 0 spiro atoms. The van der Waals surface area contributed by atoms with Crippen LogP contribution in [-0.4, -0.2) is 25.8 Å². The molecule has 0 saturated heterocycles. The number of nitrogens with two attached hydrogens (primary N) is 1. The lowest BCUT2D eigenvalue weighted by molar-refractivity contribution is -0.142. The second-order valence-corrected chi connectivity index (χ2v) is 1.61. The Balaban J connectivity index is 0. The van der Waals surface area contributed by atoms with Gasteiger partial charge in [0, 0.05) is 6.42 Å². The first-order chi connectivity index (χ1) is 4.22. The maximum absolute atomic E-state index is 11.5. The normalized spacial score (nSPS) is 11.5. The molecule has 0 bridgehead atoms.